The molecule has 108 valence electrons. The largest absolute Gasteiger partial charge is 0.478 e. The van der Waals surface area contributed by atoms with E-state index >= 15 is 0 Å². The Balaban J connectivity index is 1.85. The summed E-state index contributed by atoms with van der Waals surface area (Å²) < 4.78 is 0. The molecule has 1 aliphatic rings. The number of aliphatic carboxylic acids is 1. The average Bonchev–Trinajstić information content (AvgIpc) is 3.07. The number of amides is 1. The molecule has 2 N–H and O–H groups in total. The molecule has 1 fully saturated rings. The zero-order chi connectivity index (χ0) is 14.4. The molecule has 0 saturated carbocycles. The van der Waals surface area contributed by atoms with Crippen molar-refractivity contribution in [3.8, 4) is 0 Å². The maximum Gasteiger partial charge on any atom is 0.328 e. The Kier molecular flexibility index (Phi) is 5.31. The van der Waals surface area contributed by atoms with Crippen molar-refractivity contribution in [3.05, 3.63) is 28.0 Å². The van der Waals surface area contributed by atoms with Crippen molar-refractivity contribution < 1.29 is 14.7 Å². The van der Waals surface area contributed by atoms with Gasteiger partial charge >= 0.3 is 5.97 Å². The van der Waals surface area contributed by atoms with Crippen LogP contribution >= 0.6 is 11.3 Å². The van der Waals surface area contributed by atoms with Gasteiger partial charge in [-0.3, -0.25) is 4.79 Å². The third-order valence-electron chi connectivity index (χ3n) is 3.22. The van der Waals surface area contributed by atoms with Crippen LogP contribution in [0.1, 0.15) is 28.1 Å². The molecule has 0 atom stereocenters. The summed E-state index contributed by atoms with van der Waals surface area (Å²) in [4.78, 5) is 25.4. The van der Waals surface area contributed by atoms with E-state index in [-0.39, 0.29) is 5.91 Å². The highest BCUT2D eigenvalue weighted by Crippen LogP contribution is 2.18. The number of carboxylic acid groups (broad SMARTS) is 1. The molecule has 0 unspecified atom stereocenters. The van der Waals surface area contributed by atoms with E-state index in [9.17, 15) is 9.59 Å². The van der Waals surface area contributed by atoms with Crippen molar-refractivity contribution in [1.29, 1.82) is 0 Å². The fraction of sp³-hybridized carbons (Fsp3) is 0.429. The van der Waals surface area contributed by atoms with E-state index in [1.807, 2.05) is 0 Å². The van der Waals surface area contributed by atoms with Crippen LogP contribution in [0, 0.1) is 0 Å². The molecular formula is C14H18N2O3S. The zero-order valence-corrected chi connectivity index (χ0v) is 12.0. The van der Waals surface area contributed by atoms with Crippen LogP contribution in [0.25, 0.3) is 6.08 Å². The van der Waals surface area contributed by atoms with Crippen LogP contribution in [-0.4, -0.2) is 48.1 Å². The van der Waals surface area contributed by atoms with E-state index in [4.69, 9.17) is 5.11 Å². The van der Waals surface area contributed by atoms with Crippen molar-refractivity contribution in [3.63, 3.8) is 0 Å². The Bertz CT molecular complexity index is 504. The molecule has 1 amide bonds. The molecule has 2 heterocycles. The topological polar surface area (TPSA) is 69.6 Å². The molecule has 20 heavy (non-hydrogen) atoms. The van der Waals surface area contributed by atoms with E-state index < -0.39 is 5.97 Å². The lowest BCUT2D eigenvalue weighted by atomic mass is 10.2. The van der Waals surface area contributed by atoms with Gasteiger partial charge in [-0.15, -0.1) is 11.3 Å². The first-order valence-corrected chi connectivity index (χ1v) is 7.54. The summed E-state index contributed by atoms with van der Waals surface area (Å²) in [6, 6.07) is 1.75. The number of carboxylic acids is 1. The first-order valence-electron chi connectivity index (χ1n) is 6.66. The third-order valence-corrected chi connectivity index (χ3v) is 4.15. The van der Waals surface area contributed by atoms with E-state index in [2.05, 4.69) is 10.2 Å². The highest BCUT2D eigenvalue weighted by atomic mass is 32.1. The molecule has 1 saturated heterocycles. The normalized spacial score (nSPS) is 15.8. The highest BCUT2D eigenvalue weighted by molar-refractivity contribution is 7.12. The number of carbonyl (C=O) groups excluding carboxylic acids is 1. The lowest BCUT2D eigenvalue weighted by Gasteiger charge is -2.14. The molecule has 2 rings (SSSR count). The fourth-order valence-corrected chi connectivity index (χ4v) is 3.01. The van der Waals surface area contributed by atoms with E-state index in [0.29, 0.717) is 17.0 Å². The van der Waals surface area contributed by atoms with Crippen LogP contribution in [0.3, 0.4) is 0 Å². The van der Waals surface area contributed by atoms with Crippen LogP contribution < -0.4 is 5.32 Å². The SMILES string of the molecule is O=C(O)C=Cc1ccsc1C(=O)NCCN1CCCC1. The summed E-state index contributed by atoms with van der Waals surface area (Å²) >= 11 is 1.32. The van der Waals surface area contributed by atoms with Gasteiger partial charge < -0.3 is 15.3 Å². The number of rotatable bonds is 6. The number of hydrogen-bond acceptors (Lipinski definition) is 4. The monoisotopic (exact) mass is 294 g/mol. The van der Waals surface area contributed by atoms with Crippen LogP contribution in [0.5, 0.6) is 0 Å². The van der Waals surface area contributed by atoms with Crippen LogP contribution in [0.15, 0.2) is 17.5 Å². The smallest absolute Gasteiger partial charge is 0.328 e. The average molecular weight is 294 g/mol. The summed E-state index contributed by atoms with van der Waals surface area (Å²) in [5, 5.41) is 13.3. The predicted octanol–water partition coefficient (Wildman–Crippen LogP) is 1.67. The van der Waals surface area contributed by atoms with Crippen LogP contribution in [0.4, 0.5) is 0 Å². The first-order chi connectivity index (χ1) is 9.66. The second kappa shape index (κ2) is 7.21. The molecule has 1 aliphatic heterocycles. The van der Waals surface area contributed by atoms with Gasteiger partial charge in [0, 0.05) is 19.2 Å². The highest BCUT2D eigenvalue weighted by Gasteiger charge is 2.14. The van der Waals surface area contributed by atoms with E-state index in [0.717, 1.165) is 25.7 Å². The Morgan fingerprint density at radius 3 is 2.85 bits per heavy atom. The molecule has 1 aromatic rings. The lowest BCUT2D eigenvalue weighted by molar-refractivity contribution is -0.131. The molecule has 6 heteroatoms. The summed E-state index contributed by atoms with van der Waals surface area (Å²) in [5.41, 5.74) is 0.649. The van der Waals surface area contributed by atoms with Gasteiger partial charge in [-0.05, 0) is 49.0 Å². The van der Waals surface area contributed by atoms with E-state index in [1.54, 1.807) is 11.4 Å². The number of thiophene rings is 1. The molecule has 5 nitrogen and oxygen atoms in total. The predicted molar refractivity (Wildman–Crippen MR) is 79.0 cm³/mol. The molecule has 0 spiro atoms. The Morgan fingerprint density at radius 1 is 1.40 bits per heavy atom. The van der Waals surface area contributed by atoms with Crippen LogP contribution in [0.2, 0.25) is 0 Å². The third kappa shape index (κ3) is 4.18. The zero-order valence-electron chi connectivity index (χ0n) is 11.2. The van der Waals surface area contributed by atoms with Crippen molar-refractivity contribution in [2.45, 2.75) is 12.8 Å². The van der Waals surface area contributed by atoms with Crippen molar-refractivity contribution >= 4 is 29.3 Å². The first kappa shape index (κ1) is 14.7. The minimum atomic E-state index is -1.02. The fourth-order valence-electron chi connectivity index (χ4n) is 2.21. The minimum Gasteiger partial charge on any atom is -0.478 e. The molecule has 1 aromatic heterocycles. The van der Waals surface area contributed by atoms with Gasteiger partial charge in [-0.25, -0.2) is 4.79 Å². The van der Waals surface area contributed by atoms with Gasteiger partial charge in [-0.2, -0.15) is 0 Å². The molecule has 0 bridgehead atoms. The van der Waals surface area contributed by atoms with Gasteiger partial charge in [-0.1, -0.05) is 0 Å². The van der Waals surface area contributed by atoms with Gasteiger partial charge in [0.25, 0.3) is 5.91 Å². The summed E-state index contributed by atoms with van der Waals surface area (Å²) in [7, 11) is 0. The maximum absolute atomic E-state index is 12.0. The van der Waals surface area contributed by atoms with Crippen molar-refractivity contribution in [1.82, 2.24) is 10.2 Å². The Morgan fingerprint density at radius 2 is 2.15 bits per heavy atom. The molecule has 0 aliphatic carbocycles. The Labute approximate surface area is 121 Å². The summed E-state index contributed by atoms with van der Waals surface area (Å²) in [6.45, 7) is 3.72. The summed E-state index contributed by atoms with van der Waals surface area (Å²) in [6.07, 6.45) is 4.98. The van der Waals surface area contributed by atoms with E-state index in [1.165, 1.54) is 30.3 Å². The standard InChI is InChI=1S/C14H18N2O3S/c17-12(18)4-3-11-5-10-20-13(11)14(19)15-6-9-16-7-1-2-8-16/h3-5,10H,1-2,6-9H2,(H,15,19)(H,17,18). The lowest BCUT2D eigenvalue weighted by Crippen LogP contribution is -2.33. The number of nitrogens with zero attached hydrogens (tertiary/aromatic N) is 1. The molecule has 0 radical (unpaired) electrons. The molecular weight excluding hydrogens is 276 g/mol. The van der Waals surface area contributed by atoms with Crippen molar-refractivity contribution in [2.24, 2.45) is 0 Å². The summed E-state index contributed by atoms with van der Waals surface area (Å²) in [5.74, 6) is -1.15. The second-order valence-corrected chi connectivity index (χ2v) is 5.60. The molecule has 0 aromatic carbocycles. The minimum absolute atomic E-state index is 0.135. The number of carbonyl (C=O) groups is 2. The Hall–Kier alpha value is -1.66. The maximum atomic E-state index is 12.0. The number of nitrogens with one attached hydrogen (secondary N) is 1. The number of likely N-dealkylation sites (tertiary alicyclic amines) is 1. The van der Waals surface area contributed by atoms with Crippen molar-refractivity contribution in [2.75, 3.05) is 26.2 Å². The van der Waals surface area contributed by atoms with Gasteiger partial charge in [0.15, 0.2) is 0 Å². The van der Waals surface area contributed by atoms with Gasteiger partial charge in [0.1, 0.15) is 0 Å². The van der Waals surface area contributed by atoms with Gasteiger partial charge in [0.2, 0.25) is 0 Å². The van der Waals surface area contributed by atoms with Gasteiger partial charge in [0.05, 0.1) is 4.88 Å². The van der Waals surface area contributed by atoms with Crippen LogP contribution in [-0.2, 0) is 4.79 Å². The quantitative estimate of drug-likeness (QED) is 0.783. The number of hydrogen-bond donors (Lipinski definition) is 2. The second-order valence-electron chi connectivity index (χ2n) is 4.68.